The van der Waals surface area contributed by atoms with Crippen LogP contribution in [-0.2, 0) is 4.79 Å². The van der Waals surface area contributed by atoms with Crippen molar-refractivity contribution in [2.24, 2.45) is 0 Å². The molecule has 0 saturated heterocycles. The van der Waals surface area contributed by atoms with E-state index in [0.29, 0.717) is 50.1 Å². The summed E-state index contributed by atoms with van der Waals surface area (Å²) in [5.41, 5.74) is 1.77. The van der Waals surface area contributed by atoms with Crippen LogP contribution in [-0.4, -0.2) is 52.6 Å². The fourth-order valence-corrected chi connectivity index (χ4v) is 4.12. The summed E-state index contributed by atoms with van der Waals surface area (Å²) >= 11 is 7.28. The van der Waals surface area contributed by atoms with Crippen molar-refractivity contribution in [3.63, 3.8) is 0 Å². The summed E-state index contributed by atoms with van der Waals surface area (Å²) in [6, 6.07) is 8.61. The smallest absolute Gasteiger partial charge is 0.234 e. The lowest BCUT2D eigenvalue weighted by atomic mass is 10.2. The van der Waals surface area contributed by atoms with E-state index >= 15 is 0 Å². The molecule has 166 valence electrons. The Hall–Kier alpha value is -3.24. The van der Waals surface area contributed by atoms with Crippen molar-refractivity contribution >= 4 is 51.5 Å². The van der Waals surface area contributed by atoms with Crippen molar-refractivity contribution in [2.45, 2.75) is 12.1 Å². The topological polar surface area (TPSA) is 99.9 Å². The Morgan fingerprint density at radius 3 is 2.50 bits per heavy atom. The van der Waals surface area contributed by atoms with Crippen LogP contribution in [0.5, 0.6) is 17.2 Å². The minimum Gasteiger partial charge on any atom is -0.495 e. The van der Waals surface area contributed by atoms with E-state index < -0.39 is 0 Å². The molecule has 2 aromatic carbocycles. The molecule has 4 aromatic rings. The molecule has 9 nitrogen and oxygen atoms in total. The highest BCUT2D eigenvalue weighted by molar-refractivity contribution is 7.99. The molecule has 32 heavy (non-hydrogen) atoms. The van der Waals surface area contributed by atoms with Gasteiger partial charge in [-0.05, 0) is 31.2 Å². The third kappa shape index (κ3) is 4.23. The van der Waals surface area contributed by atoms with Crippen molar-refractivity contribution in [1.29, 1.82) is 0 Å². The third-order valence-corrected chi connectivity index (χ3v) is 5.79. The number of fused-ring (bicyclic) bond motifs is 3. The van der Waals surface area contributed by atoms with Gasteiger partial charge in [0, 0.05) is 16.5 Å². The van der Waals surface area contributed by atoms with Gasteiger partial charge in [0.1, 0.15) is 11.6 Å². The number of nitrogens with one attached hydrogen (secondary N) is 1. The molecule has 0 saturated carbocycles. The molecule has 0 radical (unpaired) electrons. The van der Waals surface area contributed by atoms with Crippen molar-refractivity contribution in [2.75, 3.05) is 32.4 Å². The number of hydrogen-bond donors (Lipinski definition) is 1. The lowest BCUT2D eigenvalue weighted by Crippen LogP contribution is -2.15. The maximum atomic E-state index is 12.6. The Balaban J connectivity index is 1.65. The summed E-state index contributed by atoms with van der Waals surface area (Å²) in [5.74, 6) is 2.08. The van der Waals surface area contributed by atoms with Gasteiger partial charge in [0.25, 0.3) is 0 Å². The molecule has 0 bridgehead atoms. The van der Waals surface area contributed by atoms with Crippen LogP contribution in [0, 0.1) is 6.92 Å². The second kappa shape index (κ2) is 9.09. The summed E-state index contributed by atoms with van der Waals surface area (Å²) in [6.45, 7) is 1.80. The zero-order valence-corrected chi connectivity index (χ0v) is 19.4. The van der Waals surface area contributed by atoms with Gasteiger partial charge >= 0.3 is 0 Å². The summed E-state index contributed by atoms with van der Waals surface area (Å²) in [7, 11) is 4.66. The van der Waals surface area contributed by atoms with Gasteiger partial charge in [-0.1, -0.05) is 23.4 Å². The van der Waals surface area contributed by atoms with E-state index in [9.17, 15) is 4.79 Å². The highest BCUT2D eigenvalue weighted by atomic mass is 35.5. The first-order valence-corrected chi connectivity index (χ1v) is 10.8. The highest BCUT2D eigenvalue weighted by Gasteiger charge is 2.17. The van der Waals surface area contributed by atoms with E-state index in [2.05, 4.69) is 20.4 Å². The second-order valence-electron chi connectivity index (χ2n) is 6.69. The van der Waals surface area contributed by atoms with Crippen LogP contribution in [0.15, 0.2) is 35.5 Å². The Kier molecular flexibility index (Phi) is 6.24. The predicted molar refractivity (Wildman–Crippen MR) is 123 cm³/mol. The van der Waals surface area contributed by atoms with Gasteiger partial charge in [-0.2, -0.15) is 4.52 Å². The molecule has 11 heteroatoms. The molecule has 2 heterocycles. The van der Waals surface area contributed by atoms with E-state index in [0.717, 1.165) is 5.39 Å². The van der Waals surface area contributed by atoms with E-state index in [-0.39, 0.29) is 11.7 Å². The molecule has 2 aromatic heterocycles. The first kappa shape index (κ1) is 22.0. The molecule has 1 N–H and O–H groups in total. The number of amides is 1. The third-order valence-electron chi connectivity index (χ3n) is 4.62. The number of rotatable bonds is 7. The highest BCUT2D eigenvalue weighted by Crippen LogP contribution is 2.34. The minimum atomic E-state index is -0.241. The molecule has 0 unspecified atom stereocenters. The van der Waals surface area contributed by atoms with Crippen LogP contribution in [0.2, 0.25) is 5.02 Å². The van der Waals surface area contributed by atoms with Gasteiger partial charge < -0.3 is 19.5 Å². The van der Waals surface area contributed by atoms with Gasteiger partial charge in [-0.25, -0.2) is 9.97 Å². The van der Waals surface area contributed by atoms with Crippen molar-refractivity contribution in [1.82, 2.24) is 19.6 Å². The number of nitrogens with zero attached hydrogens (tertiary/aromatic N) is 4. The van der Waals surface area contributed by atoms with E-state index in [1.54, 1.807) is 49.9 Å². The van der Waals surface area contributed by atoms with Crippen LogP contribution in [0.4, 0.5) is 5.69 Å². The van der Waals surface area contributed by atoms with Gasteiger partial charge in [-0.15, -0.1) is 5.10 Å². The number of aromatic nitrogens is 4. The normalized spacial score (nSPS) is 11.0. The Bertz CT molecular complexity index is 1330. The SMILES string of the molecule is COc1ccc(Cl)cc1NC(=O)CSc1nc2cc(OC)c(OC)cc2c2nc(C)nn12. The summed E-state index contributed by atoms with van der Waals surface area (Å²) < 4.78 is 17.7. The quantitative estimate of drug-likeness (QED) is 0.317. The molecule has 4 rings (SSSR count). The fourth-order valence-electron chi connectivity index (χ4n) is 3.20. The van der Waals surface area contributed by atoms with Gasteiger partial charge in [0.2, 0.25) is 5.91 Å². The number of halogens is 1. The molecular formula is C21H20ClN5O4S. The summed E-state index contributed by atoms with van der Waals surface area (Å²) in [4.78, 5) is 21.8. The fraction of sp³-hybridized carbons (Fsp3) is 0.238. The van der Waals surface area contributed by atoms with Crippen LogP contribution in [0.25, 0.3) is 16.6 Å². The van der Waals surface area contributed by atoms with E-state index in [4.69, 9.17) is 25.8 Å². The van der Waals surface area contributed by atoms with Crippen LogP contribution >= 0.6 is 23.4 Å². The standard InChI is InChI=1S/C21H20ClN5O4S/c1-11-23-20-13-8-17(30-3)18(31-4)9-14(13)25-21(27(20)26-11)32-10-19(28)24-15-7-12(22)5-6-16(15)29-2/h5-9H,10H2,1-4H3,(H,24,28). The maximum absolute atomic E-state index is 12.6. The first-order valence-electron chi connectivity index (χ1n) is 9.48. The molecule has 1 amide bonds. The number of ether oxygens (including phenoxy) is 3. The Labute approximate surface area is 193 Å². The van der Waals surface area contributed by atoms with E-state index in [1.807, 2.05) is 6.07 Å². The molecule has 0 aliphatic rings. The first-order chi connectivity index (χ1) is 15.4. The van der Waals surface area contributed by atoms with Crippen molar-refractivity contribution in [3.05, 3.63) is 41.2 Å². The lowest BCUT2D eigenvalue weighted by molar-refractivity contribution is -0.113. The molecule has 0 atom stereocenters. The Morgan fingerprint density at radius 2 is 1.78 bits per heavy atom. The van der Waals surface area contributed by atoms with Gasteiger partial charge in [-0.3, -0.25) is 4.79 Å². The summed E-state index contributed by atoms with van der Waals surface area (Å²) in [6.07, 6.45) is 0. The largest absolute Gasteiger partial charge is 0.495 e. The zero-order chi connectivity index (χ0) is 22.8. The van der Waals surface area contributed by atoms with Gasteiger partial charge in [0.05, 0.1) is 38.3 Å². The number of thioether (sulfide) groups is 1. The number of methoxy groups -OCH3 is 3. The minimum absolute atomic E-state index is 0.0927. The second-order valence-corrected chi connectivity index (χ2v) is 8.07. The van der Waals surface area contributed by atoms with Crippen LogP contribution in [0.3, 0.4) is 0 Å². The lowest BCUT2D eigenvalue weighted by Gasteiger charge is -2.12. The predicted octanol–water partition coefficient (Wildman–Crippen LogP) is 4.00. The van der Waals surface area contributed by atoms with Crippen LogP contribution in [0.1, 0.15) is 5.82 Å². The number of anilines is 1. The number of aryl methyl sites for hydroxylation is 1. The summed E-state index contributed by atoms with van der Waals surface area (Å²) in [5, 5.41) is 9.04. The molecule has 0 fully saturated rings. The monoisotopic (exact) mass is 473 g/mol. The average molecular weight is 474 g/mol. The number of carbonyl (C=O) groups is 1. The molecule has 0 aliphatic carbocycles. The maximum Gasteiger partial charge on any atom is 0.234 e. The van der Waals surface area contributed by atoms with Crippen molar-refractivity contribution < 1.29 is 19.0 Å². The zero-order valence-electron chi connectivity index (χ0n) is 17.8. The molecule has 0 aliphatic heterocycles. The number of benzene rings is 2. The Morgan fingerprint density at radius 1 is 1.06 bits per heavy atom. The molecular weight excluding hydrogens is 454 g/mol. The van der Waals surface area contributed by atoms with Crippen LogP contribution < -0.4 is 19.5 Å². The number of hydrogen-bond acceptors (Lipinski definition) is 8. The van der Waals surface area contributed by atoms with Crippen molar-refractivity contribution in [3.8, 4) is 17.2 Å². The number of carbonyl (C=O) groups excluding carboxylic acids is 1. The van der Waals surface area contributed by atoms with E-state index in [1.165, 1.54) is 18.9 Å². The molecule has 0 spiro atoms. The van der Waals surface area contributed by atoms with Gasteiger partial charge in [0.15, 0.2) is 22.3 Å². The average Bonchev–Trinajstić information content (AvgIpc) is 3.18.